The molecule has 0 bridgehead atoms. The maximum atomic E-state index is 5.69. The van der Waals surface area contributed by atoms with Gasteiger partial charge in [0.15, 0.2) is 0 Å². The van der Waals surface area contributed by atoms with Gasteiger partial charge in [-0.15, -0.1) is 11.3 Å². The van der Waals surface area contributed by atoms with Gasteiger partial charge in [-0.05, 0) is 20.3 Å². The smallest absolute Gasteiger partial charge is 0.0946 e. The van der Waals surface area contributed by atoms with E-state index in [1.54, 1.807) is 11.3 Å². The molecule has 0 aromatic carbocycles. The number of hydrogen-bond acceptors (Lipinski definition) is 3. The molecule has 1 atom stereocenters. The van der Waals surface area contributed by atoms with Crippen LogP contribution in [0.15, 0.2) is 0 Å². The first-order valence-corrected chi connectivity index (χ1v) is 5.16. The minimum atomic E-state index is 0.222. The van der Waals surface area contributed by atoms with Crippen LogP contribution in [-0.4, -0.2) is 11.0 Å². The van der Waals surface area contributed by atoms with Crippen LogP contribution < -0.4 is 5.73 Å². The first-order chi connectivity index (χ1) is 5.63. The first-order valence-electron chi connectivity index (χ1n) is 4.34. The van der Waals surface area contributed by atoms with Crippen molar-refractivity contribution in [3.63, 3.8) is 0 Å². The van der Waals surface area contributed by atoms with E-state index < -0.39 is 0 Å². The van der Waals surface area contributed by atoms with Crippen molar-refractivity contribution in [2.24, 2.45) is 5.73 Å². The highest BCUT2D eigenvalue weighted by Crippen LogP contribution is 2.18. The molecule has 0 fully saturated rings. The fourth-order valence-electron chi connectivity index (χ4n) is 1.18. The van der Waals surface area contributed by atoms with Gasteiger partial charge in [-0.2, -0.15) is 0 Å². The lowest BCUT2D eigenvalue weighted by Gasteiger charge is -1.98. The molecular weight excluding hydrogens is 168 g/mol. The highest BCUT2D eigenvalue weighted by atomic mass is 32.1. The van der Waals surface area contributed by atoms with Crippen LogP contribution in [0.4, 0.5) is 0 Å². The van der Waals surface area contributed by atoms with Crippen molar-refractivity contribution in [3.05, 3.63) is 15.6 Å². The number of aromatic nitrogens is 1. The summed E-state index contributed by atoms with van der Waals surface area (Å²) in [7, 11) is 0. The zero-order valence-corrected chi connectivity index (χ0v) is 8.74. The molecule has 0 saturated carbocycles. The lowest BCUT2D eigenvalue weighted by molar-refractivity contribution is 0.731. The van der Waals surface area contributed by atoms with Crippen LogP contribution in [0.3, 0.4) is 0 Å². The van der Waals surface area contributed by atoms with Gasteiger partial charge in [0.1, 0.15) is 0 Å². The summed E-state index contributed by atoms with van der Waals surface area (Å²) in [5.74, 6) is 0. The summed E-state index contributed by atoms with van der Waals surface area (Å²) in [6.07, 6.45) is 1.94. The summed E-state index contributed by atoms with van der Waals surface area (Å²) in [4.78, 5) is 5.85. The van der Waals surface area contributed by atoms with Crippen LogP contribution in [0.2, 0.25) is 0 Å². The van der Waals surface area contributed by atoms with Crippen molar-refractivity contribution in [3.8, 4) is 0 Å². The molecule has 1 unspecified atom stereocenters. The number of aryl methyl sites for hydroxylation is 2. The predicted octanol–water partition coefficient (Wildman–Crippen LogP) is 1.90. The Bertz CT molecular complexity index is 253. The number of thiazole rings is 1. The monoisotopic (exact) mass is 184 g/mol. The van der Waals surface area contributed by atoms with Gasteiger partial charge in [-0.3, -0.25) is 0 Å². The van der Waals surface area contributed by atoms with E-state index in [4.69, 9.17) is 5.73 Å². The van der Waals surface area contributed by atoms with Gasteiger partial charge in [-0.25, -0.2) is 4.98 Å². The molecule has 68 valence electrons. The van der Waals surface area contributed by atoms with Gasteiger partial charge in [0.05, 0.1) is 10.7 Å². The summed E-state index contributed by atoms with van der Waals surface area (Å²) in [6, 6.07) is 0.222. The number of hydrogen-bond donors (Lipinski definition) is 1. The van der Waals surface area contributed by atoms with Crippen LogP contribution in [-0.2, 0) is 12.8 Å². The zero-order valence-electron chi connectivity index (χ0n) is 7.92. The van der Waals surface area contributed by atoms with Gasteiger partial charge in [-0.1, -0.05) is 6.92 Å². The quantitative estimate of drug-likeness (QED) is 0.779. The van der Waals surface area contributed by atoms with E-state index in [0.717, 1.165) is 12.8 Å². The molecule has 0 aliphatic carbocycles. The molecule has 0 amide bonds. The largest absolute Gasteiger partial charge is 0.328 e. The molecule has 1 aromatic rings. The molecule has 1 heterocycles. The minimum Gasteiger partial charge on any atom is -0.328 e. The van der Waals surface area contributed by atoms with E-state index >= 15 is 0 Å². The average Bonchev–Trinajstić information content (AvgIpc) is 2.29. The second-order valence-electron chi connectivity index (χ2n) is 3.15. The molecule has 2 nitrogen and oxygen atoms in total. The van der Waals surface area contributed by atoms with Crippen molar-refractivity contribution in [2.75, 3.05) is 0 Å². The van der Waals surface area contributed by atoms with Crippen LogP contribution >= 0.6 is 11.3 Å². The lowest BCUT2D eigenvalue weighted by atomic mass is 10.2. The standard InChI is InChI=1S/C9H16N2S/c1-4-8-7(3)12-9(11-8)5-6(2)10/h6H,4-5,10H2,1-3H3. The zero-order chi connectivity index (χ0) is 9.14. The van der Waals surface area contributed by atoms with E-state index in [0.29, 0.717) is 0 Å². The highest BCUT2D eigenvalue weighted by molar-refractivity contribution is 7.11. The Kier molecular flexibility index (Phi) is 3.23. The van der Waals surface area contributed by atoms with E-state index in [-0.39, 0.29) is 6.04 Å². The third-order valence-electron chi connectivity index (χ3n) is 1.77. The Morgan fingerprint density at radius 3 is 2.67 bits per heavy atom. The van der Waals surface area contributed by atoms with E-state index in [2.05, 4.69) is 18.8 Å². The number of rotatable bonds is 3. The van der Waals surface area contributed by atoms with Crippen molar-refractivity contribution in [2.45, 2.75) is 39.7 Å². The first kappa shape index (κ1) is 9.68. The third kappa shape index (κ3) is 2.29. The van der Waals surface area contributed by atoms with E-state index in [1.165, 1.54) is 15.6 Å². The molecule has 0 spiro atoms. The molecule has 0 aliphatic rings. The van der Waals surface area contributed by atoms with Gasteiger partial charge in [0.25, 0.3) is 0 Å². The summed E-state index contributed by atoms with van der Waals surface area (Å²) < 4.78 is 0. The van der Waals surface area contributed by atoms with Crippen molar-refractivity contribution in [1.29, 1.82) is 0 Å². The molecule has 1 aromatic heterocycles. The molecule has 0 aliphatic heterocycles. The number of nitrogens with zero attached hydrogens (tertiary/aromatic N) is 1. The Balaban J connectivity index is 2.75. The second-order valence-corrected chi connectivity index (χ2v) is 4.43. The van der Waals surface area contributed by atoms with Crippen LogP contribution in [0.25, 0.3) is 0 Å². The van der Waals surface area contributed by atoms with Gasteiger partial charge in [0, 0.05) is 17.3 Å². The fraction of sp³-hybridized carbons (Fsp3) is 0.667. The molecule has 0 saturated heterocycles. The Labute approximate surface area is 77.8 Å². The lowest BCUT2D eigenvalue weighted by Crippen LogP contribution is -2.17. The molecule has 3 heteroatoms. The summed E-state index contributed by atoms with van der Waals surface area (Å²) >= 11 is 1.78. The Morgan fingerprint density at radius 1 is 1.58 bits per heavy atom. The summed E-state index contributed by atoms with van der Waals surface area (Å²) in [6.45, 7) is 6.28. The third-order valence-corrected chi connectivity index (χ3v) is 2.80. The Hall–Kier alpha value is -0.410. The van der Waals surface area contributed by atoms with E-state index in [9.17, 15) is 0 Å². The molecule has 12 heavy (non-hydrogen) atoms. The predicted molar refractivity (Wildman–Crippen MR) is 53.6 cm³/mol. The van der Waals surface area contributed by atoms with Crippen molar-refractivity contribution >= 4 is 11.3 Å². The molecule has 1 rings (SSSR count). The minimum absolute atomic E-state index is 0.222. The normalized spacial score (nSPS) is 13.3. The van der Waals surface area contributed by atoms with Gasteiger partial charge < -0.3 is 5.73 Å². The maximum Gasteiger partial charge on any atom is 0.0946 e. The van der Waals surface area contributed by atoms with Gasteiger partial charge in [0.2, 0.25) is 0 Å². The highest BCUT2D eigenvalue weighted by Gasteiger charge is 2.06. The molecule has 0 radical (unpaired) electrons. The summed E-state index contributed by atoms with van der Waals surface area (Å²) in [5.41, 5.74) is 6.92. The molecule has 2 N–H and O–H groups in total. The SMILES string of the molecule is CCc1nc(CC(C)N)sc1C. The van der Waals surface area contributed by atoms with E-state index in [1.807, 2.05) is 6.92 Å². The van der Waals surface area contributed by atoms with Crippen LogP contribution in [0.5, 0.6) is 0 Å². The van der Waals surface area contributed by atoms with Crippen LogP contribution in [0.1, 0.15) is 29.4 Å². The Morgan fingerprint density at radius 2 is 2.25 bits per heavy atom. The van der Waals surface area contributed by atoms with Crippen molar-refractivity contribution < 1.29 is 0 Å². The summed E-state index contributed by atoms with van der Waals surface area (Å²) in [5, 5.41) is 1.18. The topological polar surface area (TPSA) is 38.9 Å². The van der Waals surface area contributed by atoms with Crippen LogP contribution in [0, 0.1) is 6.92 Å². The maximum absolute atomic E-state index is 5.69. The molecular formula is C9H16N2S. The van der Waals surface area contributed by atoms with Gasteiger partial charge >= 0.3 is 0 Å². The second kappa shape index (κ2) is 4.01. The van der Waals surface area contributed by atoms with Crippen molar-refractivity contribution in [1.82, 2.24) is 4.98 Å². The average molecular weight is 184 g/mol. The number of nitrogens with two attached hydrogens (primary N) is 1. The fourth-order valence-corrected chi connectivity index (χ4v) is 2.34.